The summed E-state index contributed by atoms with van der Waals surface area (Å²) in [4.78, 5) is 8.77. The number of hydrogen-bond acceptors (Lipinski definition) is 4. The lowest BCUT2D eigenvalue weighted by molar-refractivity contribution is 0.423. The molecule has 0 aliphatic heterocycles. The summed E-state index contributed by atoms with van der Waals surface area (Å²) in [6, 6.07) is 0.355. The summed E-state index contributed by atoms with van der Waals surface area (Å²) in [5, 5.41) is 6.64. The second kappa shape index (κ2) is 5.45. The van der Waals surface area contributed by atoms with Crippen molar-refractivity contribution in [2.45, 2.75) is 59.7 Å². The van der Waals surface area contributed by atoms with Gasteiger partial charge in [0.25, 0.3) is 0 Å². The van der Waals surface area contributed by atoms with E-state index in [2.05, 4.69) is 55.2 Å². The molecule has 0 aromatic carbocycles. The number of aromatic nitrogens is 2. The third-order valence-electron chi connectivity index (χ3n) is 2.31. The lowest BCUT2D eigenvalue weighted by Gasteiger charge is -2.21. The molecule has 0 atom stereocenters. The molecule has 1 aromatic heterocycles. The fraction of sp³-hybridized carbons (Fsp3) is 0.692. The quantitative estimate of drug-likeness (QED) is 0.843. The van der Waals surface area contributed by atoms with Crippen LogP contribution in [0.15, 0.2) is 6.20 Å². The highest BCUT2D eigenvalue weighted by molar-refractivity contribution is 5.29. The molecule has 0 aliphatic carbocycles. The smallest absolute Gasteiger partial charge is 0.223 e. The largest absolute Gasteiger partial charge is 0.352 e. The fourth-order valence-electron chi connectivity index (χ4n) is 1.35. The van der Waals surface area contributed by atoms with Crippen molar-refractivity contribution in [3.63, 3.8) is 0 Å². The van der Waals surface area contributed by atoms with E-state index in [1.807, 2.05) is 13.1 Å². The van der Waals surface area contributed by atoms with E-state index in [1.165, 1.54) is 0 Å². The van der Waals surface area contributed by atoms with Gasteiger partial charge in [0.2, 0.25) is 5.95 Å². The molecule has 0 spiro atoms. The molecule has 0 fully saturated rings. The van der Waals surface area contributed by atoms with Gasteiger partial charge in [0.05, 0.1) is 0 Å². The van der Waals surface area contributed by atoms with Gasteiger partial charge < -0.3 is 10.6 Å². The number of rotatable bonds is 4. The summed E-state index contributed by atoms with van der Waals surface area (Å²) in [7, 11) is 0. The maximum absolute atomic E-state index is 4.45. The van der Waals surface area contributed by atoms with Crippen molar-refractivity contribution in [2.75, 3.05) is 5.32 Å². The van der Waals surface area contributed by atoms with Gasteiger partial charge in [-0.15, -0.1) is 0 Å². The van der Waals surface area contributed by atoms with Crippen molar-refractivity contribution < 1.29 is 0 Å². The second-order valence-corrected chi connectivity index (χ2v) is 5.71. The zero-order chi connectivity index (χ0) is 13.1. The highest BCUT2D eigenvalue weighted by atomic mass is 15.1. The van der Waals surface area contributed by atoms with Crippen LogP contribution in [-0.4, -0.2) is 21.5 Å². The van der Waals surface area contributed by atoms with E-state index in [0.29, 0.717) is 12.0 Å². The molecule has 0 saturated heterocycles. The minimum Gasteiger partial charge on any atom is -0.352 e. The van der Waals surface area contributed by atoms with E-state index in [0.717, 1.165) is 17.8 Å². The number of nitrogens with one attached hydrogen (secondary N) is 2. The standard InChI is InChI=1S/C13H24N4/c1-9(2)16-12-14-7-11(10(3)17-12)8-15-13(4,5)6/h7,9,15H,8H2,1-6H3,(H,14,16,17). The molecule has 0 unspecified atom stereocenters. The lowest BCUT2D eigenvalue weighted by Crippen LogP contribution is -2.35. The average molecular weight is 236 g/mol. The number of anilines is 1. The molecular formula is C13H24N4. The summed E-state index contributed by atoms with van der Waals surface area (Å²) in [6.07, 6.45) is 1.89. The summed E-state index contributed by atoms with van der Waals surface area (Å²) in [5.41, 5.74) is 2.29. The van der Waals surface area contributed by atoms with Crippen LogP contribution in [0.1, 0.15) is 45.9 Å². The zero-order valence-electron chi connectivity index (χ0n) is 11.8. The van der Waals surface area contributed by atoms with Crippen LogP contribution in [0.5, 0.6) is 0 Å². The minimum absolute atomic E-state index is 0.112. The Morgan fingerprint density at radius 2 is 1.94 bits per heavy atom. The maximum Gasteiger partial charge on any atom is 0.223 e. The van der Waals surface area contributed by atoms with Crippen LogP contribution in [0.4, 0.5) is 5.95 Å². The first-order chi connectivity index (χ1) is 7.78. The topological polar surface area (TPSA) is 49.8 Å². The molecule has 2 N–H and O–H groups in total. The maximum atomic E-state index is 4.45. The molecule has 0 aliphatic rings. The third kappa shape index (κ3) is 5.13. The molecule has 1 heterocycles. The molecule has 4 heteroatoms. The summed E-state index contributed by atoms with van der Waals surface area (Å²) in [6.45, 7) is 13.4. The third-order valence-corrected chi connectivity index (χ3v) is 2.31. The van der Waals surface area contributed by atoms with Gasteiger partial charge in [-0.2, -0.15) is 0 Å². The van der Waals surface area contributed by atoms with E-state index in [-0.39, 0.29) is 5.54 Å². The number of nitrogens with zero attached hydrogens (tertiary/aromatic N) is 2. The monoisotopic (exact) mass is 236 g/mol. The van der Waals surface area contributed by atoms with Crippen LogP contribution in [0, 0.1) is 6.92 Å². The average Bonchev–Trinajstić information content (AvgIpc) is 2.13. The van der Waals surface area contributed by atoms with Crippen LogP contribution in [0.25, 0.3) is 0 Å². The Bertz CT molecular complexity index is 366. The molecule has 0 radical (unpaired) electrons. The van der Waals surface area contributed by atoms with Crippen LogP contribution < -0.4 is 10.6 Å². The van der Waals surface area contributed by atoms with E-state index < -0.39 is 0 Å². The Morgan fingerprint density at radius 3 is 2.41 bits per heavy atom. The Kier molecular flexibility index (Phi) is 4.46. The van der Waals surface area contributed by atoms with E-state index in [9.17, 15) is 0 Å². The molecule has 1 rings (SSSR count). The predicted octanol–water partition coefficient (Wildman–Crippen LogP) is 2.49. The normalized spacial score (nSPS) is 11.9. The van der Waals surface area contributed by atoms with E-state index >= 15 is 0 Å². The molecule has 4 nitrogen and oxygen atoms in total. The predicted molar refractivity (Wildman–Crippen MR) is 72.1 cm³/mol. The van der Waals surface area contributed by atoms with Crippen molar-refractivity contribution >= 4 is 5.95 Å². The molecule has 17 heavy (non-hydrogen) atoms. The first-order valence-electron chi connectivity index (χ1n) is 6.12. The van der Waals surface area contributed by atoms with Gasteiger partial charge in [0, 0.05) is 35.6 Å². The van der Waals surface area contributed by atoms with Crippen molar-refractivity contribution in [1.29, 1.82) is 0 Å². The van der Waals surface area contributed by atoms with Gasteiger partial charge >= 0.3 is 0 Å². The van der Waals surface area contributed by atoms with Gasteiger partial charge in [-0.3, -0.25) is 0 Å². The highest BCUT2D eigenvalue weighted by Gasteiger charge is 2.10. The van der Waals surface area contributed by atoms with Crippen molar-refractivity contribution in [3.8, 4) is 0 Å². The highest BCUT2D eigenvalue weighted by Crippen LogP contribution is 2.09. The Morgan fingerprint density at radius 1 is 1.29 bits per heavy atom. The Labute approximate surface area is 104 Å². The van der Waals surface area contributed by atoms with Gasteiger partial charge in [0.1, 0.15) is 0 Å². The van der Waals surface area contributed by atoms with Crippen molar-refractivity contribution in [2.24, 2.45) is 0 Å². The number of aryl methyl sites for hydroxylation is 1. The van der Waals surface area contributed by atoms with Crippen LogP contribution in [-0.2, 0) is 6.54 Å². The van der Waals surface area contributed by atoms with E-state index in [4.69, 9.17) is 0 Å². The van der Waals surface area contributed by atoms with Gasteiger partial charge in [-0.25, -0.2) is 9.97 Å². The van der Waals surface area contributed by atoms with Gasteiger partial charge in [0.15, 0.2) is 0 Å². The lowest BCUT2D eigenvalue weighted by atomic mass is 10.1. The van der Waals surface area contributed by atoms with E-state index in [1.54, 1.807) is 0 Å². The van der Waals surface area contributed by atoms with Crippen LogP contribution in [0.2, 0.25) is 0 Å². The second-order valence-electron chi connectivity index (χ2n) is 5.71. The molecule has 0 bridgehead atoms. The summed E-state index contributed by atoms with van der Waals surface area (Å²) < 4.78 is 0. The Hall–Kier alpha value is -1.16. The number of hydrogen-bond donors (Lipinski definition) is 2. The molecule has 0 amide bonds. The molecule has 0 saturated carbocycles. The van der Waals surface area contributed by atoms with Gasteiger partial charge in [-0.05, 0) is 41.5 Å². The fourth-order valence-corrected chi connectivity index (χ4v) is 1.35. The van der Waals surface area contributed by atoms with Crippen molar-refractivity contribution in [1.82, 2.24) is 15.3 Å². The molecular weight excluding hydrogens is 212 g/mol. The zero-order valence-corrected chi connectivity index (χ0v) is 11.8. The van der Waals surface area contributed by atoms with Crippen LogP contribution >= 0.6 is 0 Å². The molecule has 96 valence electrons. The van der Waals surface area contributed by atoms with Crippen LogP contribution in [0.3, 0.4) is 0 Å². The molecule has 1 aromatic rings. The summed E-state index contributed by atoms with van der Waals surface area (Å²) in [5.74, 6) is 0.706. The van der Waals surface area contributed by atoms with Crippen molar-refractivity contribution in [3.05, 3.63) is 17.5 Å². The minimum atomic E-state index is 0.112. The first-order valence-corrected chi connectivity index (χ1v) is 6.12. The summed E-state index contributed by atoms with van der Waals surface area (Å²) >= 11 is 0. The van der Waals surface area contributed by atoms with Gasteiger partial charge in [-0.1, -0.05) is 0 Å². The SMILES string of the molecule is Cc1nc(NC(C)C)ncc1CNC(C)(C)C. The first kappa shape index (κ1) is 13.9. The Balaban J connectivity index is 2.69.